The van der Waals surface area contributed by atoms with Crippen LogP contribution in [0.2, 0.25) is 0 Å². The molecular formula is C29H25N7O. The number of fused-ring (bicyclic) bond motifs is 2. The van der Waals surface area contributed by atoms with Gasteiger partial charge < -0.3 is 9.72 Å². The summed E-state index contributed by atoms with van der Waals surface area (Å²) >= 11 is 0. The fourth-order valence-electron chi connectivity index (χ4n) is 5.13. The van der Waals surface area contributed by atoms with E-state index in [1.54, 1.807) is 18.6 Å². The summed E-state index contributed by atoms with van der Waals surface area (Å²) in [6.45, 7) is 0. The summed E-state index contributed by atoms with van der Waals surface area (Å²) in [6, 6.07) is 16.0. The molecule has 0 unspecified atom stereocenters. The number of pyridine rings is 3. The fourth-order valence-corrected chi connectivity index (χ4v) is 5.13. The molecule has 1 aliphatic carbocycles. The summed E-state index contributed by atoms with van der Waals surface area (Å²) in [7, 11) is 0. The lowest BCUT2D eigenvalue weighted by Gasteiger charge is -2.22. The van der Waals surface area contributed by atoms with Crippen LogP contribution >= 0.6 is 0 Å². The topological polar surface area (TPSA) is 105 Å². The zero-order chi connectivity index (χ0) is 24.6. The normalized spacial score (nSPS) is 14.4. The number of rotatable bonds is 5. The van der Waals surface area contributed by atoms with Gasteiger partial charge in [-0.3, -0.25) is 20.1 Å². The van der Waals surface area contributed by atoms with Gasteiger partial charge in [0.2, 0.25) is 0 Å². The molecule has 0 bridgehead atoms. The van der Waals surface area contributed by atoms with Gasteiger partial charge in [0.05, 0.1) is 46.4 Å². The van der Waals surface area contributed by atoms with Gasteiger partial charge in [0.1, 0.15) is 11.4 Å². The maximum atomic E-state index is 6.24. The second-order valence-corrected chi connectivity index (χ2v) is 9.48. The number of aromatic nitrogens is 7. The van der Waals surface area contributed by atoms with Gasteiger partial charge in [0.15, 0.2) is 5.82 Å². The predicted octanol–water partition coefficient (Wildman–Crippen LogP) is 6.34. The van der Waals surface area contributed by atoms with Crippen molar-refractivity contribution in [3.05, 3.63) is 73.3 Å². The SMILES string of the molecule is c1ccc(-c2cccc3[nH]c(-c4n[nH]c5cnc(-c6cncc(OC7CCCCC7)c6)cc45)nc23)nc1. The molecular weight excluding hydrogens is 462 g/mol. The van der Waals surface area contributed by atoms with E-state index in [-0.39, 0.29) is 6.10 Å². The van der Waals surface area contributed by atoms with E-state index >= 15 is 0 Å². The zero-order valence-electron chi connectivity index (χ0n) is 20.2. The van der Waals surface area contributed by atoms with Crippen LogP contribution in [0.5, 0.6) is 5.75 Å². The smallest absolute Gasteiger partial charge is 0.159 e. The summed E-state index contributed by atoms with van der Waals surface area (Å²) in [5.74, 6) is 1.48. The summed E-state index contributed by atoms with van der Waals surface area (Å²) in [4.78, 5) is 22.0. The molecule has 0 saturated heterocycles. The van der Waals surface area contributed by atoms with Gasteiger partial charge >= 0.3 is 0 Å². The molecule has 2 N–H and O–H groups in total. The Balaban J connectivity index is 1.26. The largest absolute Gasteiger partial charge is 0.489 e. The number of hydrogen-bond donors (Lipinski definition) is 2. The lowest BCUT2D eigenvalue weighted by Crippen LogP contribution is -2.19. The highest BCUT2D eigenvalue weighted by atomic mass is 16.5. The first kappa shape index (κ1) is 21.7. The standard InChI is InChI=1S/C29H25N7O/c1-2-7-19(8-3-1)37-20-13-18(15-30-16-20)25-14-22-26(17-32-25)35-36-28(22)29-33-24-11-6-9-21(27(24)34-29)23-10-4-5-12-31-23/h4-6,9-17,19H,1-3,7-8H2,(H,33,34)(H,35,36). The van der Waals surface area contributed by atoms with E-state index in [0.29, 0.717) is 5.82 Å². The number of benzene rings is 1. The van der Waals surface area contributed by atoms with Crippen molar-refractivity contribution in [3.8, 4) is 39.8 Å². The molecule has 1 aliphatic rings. The van der Waals surface area contributed by atoms with Crippen molar-refractivity contribution in [2.75, 3.05) is 0 Å². The third-order valence-electron chi connectivity index (χ3n) is 6.99. The fraction of sp³-hybridized carbons (Fsp3) is 0.207. The molecule has 1 saturated carbocycles. The van der Waals surface area contributed by atoms with Crippen molar-refractivity contribution in [2.24, 2.45) is 0 Å². The van der Waals surface area contributed by atoms with Crippen LogP contribution in [-0.2, 0) is 0 Å². The van der Waals surface area contributed by atoms with Crippen molar-refractivity contribution in [2.45, 2.75) is 38.2 Å². The molecule has 0 aliphatic heterocycles. The molecule has 1 aromatic carbocycles. The number of imidazole rings is 1. The first-order chi connectivity index (χ1) is 18.3. The van der Waals surface area contributed by atoms with Crippen LogP contribution in [0.3, 0.4) is 0 Å². The van der Waals surface area contributed by atoms with E-state index in [4.69, 9.17) is 9.72 Å². The highest BCUT2D eigenvalue weighted by molar-refractivity contribution is 5.97. The molecule has 0 atom stereocenters. The Morgan fingerprint density at radius 2 is 1.78 bits per heavy atom. The van der Waals surface area contributed by atoms with E-state index in [9.17, 15) is 0 Å². The molecule has 7 rings (SSSR count). The van der Waals surface area contributed by atoms with E-state index in [1.165, 1.54) is 19.3 Å². The van der Waals surface area contributed by atoms with Crippen LogP contribution < -0.4 is 4.74 Å². The Bertz CT molecular complexity index is 1700. The summed E-state index contributed by atoms with van der Waals surface area (Å²) in [6.07, 6.45) is 13.4. The van der Waals surface area contributed by atoms with Crippen LogP contribution in [0, 0.1) is 0 Å². The molecule has 0 spiro atoms. The number of H-pyrrole nitrogens is 2. The maximum Gasteiger partial charge on any atom is 0.159 e. The minimum Gasteiger partial charge on any atom is -0.489 e. The summed E-state index contributed by atoms with van der Waals surface area (Å²) < 4.78 is 6.24. The number of ether oxygens (including phenoxy) is 1. The first-order valence-corrected chi connectivity index (χ1v) is 12.7. The molecule has 8 nitrogen and oxygen atoms in total. The lowest BCUT2D eigenvalue weighted by molar-refractivity contribution is 0.154. The van der Waals surface area contributed by atoms with Crippen LogP contribution in [0.4, 0.5) is 0 Å². The third-order valence-corrected chi connectivity index (χ3v) is 6.99. The van der Waals surface area contributed by atoms with E-state index in [1.807, 2.05) is 54.7 Å². The van der Waals surface area contributed by atoms with Gasteiger partial charge in [-0.05, 0) is 56.0 Å². The Morgan fingerprint density at radius 1 is 0.838 bits per heavy atom. The Kier molecular flexibility index (Phi) is 5.35. The third kappa shape index (κ3) is 4.10. The molecule has 1 fully saturated rings. The molecule has 5 heterocycles. The average molecular weight is 488 g/mol. The molecule has 6 aromatic rings. The molecule has 182 valence electrons. The minimum atomic E-state index is 0.269. The van der Waals surface area contributed by atoms with E-state index in [2.05, 4.69) is 30.1 Å². The summed E-state index contributed by atoms with van der Waals surface area (Å²) in [5, 5.41) is 8.61. The van der Waals surface area contributed by atoms with Crippen LogP contribution in [0.25, 0.3) is 56.0 Å². The van der Waals surface area contributed by atoms with Gasteiger partial charge in [-0.2, -0.15) is 5.10 Å². The highest BCUT2D eigenvalue weighted by Gasteiger charge is 2.18. The average Bonchev–Trinajstić information content (AvgIpc) is 3.58. The number of hydrogen-bond acceptors (Lipinski definition) is 6. The number of nitrogens with zero attached hydrogens (tertiary/aromatic N) is 5. The molecule has 5 aromatic heterocycles. The Hall–Kier alpha value is -4.59. The zero-order valence-corrected chi connectivity index (χ0v) is 20.2. The molecule has 37 heavy (non-hydrogen) atoms. The Labute approximate surface area is 213 Å². The Morgan fingerprint density at radius 3 is 2.68 bits per heavy atom. The van der Waals surface area contributed by atoms with Gasteiger partial charge in [-0.1, -0.05) is 24.6 Å². The van der Waals surface area contributed by atoms with Gasteiger partial charge in [0, 0.05) is 28.9 Å². The molecule has 0 radical (unpaired) electrons. The second-order valence-electron chi connectivity index (χ2n) is 9.48. The van der Waals surface area contributed by atoms with Gasteiger partial charge in [-0.15, -0.1) is 0 Å². The van der Waals surface area contributed by atoms with Crippen molar-refractivity contribution in [1.82, 2.24) is 35.1 Å². The van der Waals surface area contributed by atoms with Crippen molar-refractivity contribution in [3.63, 3.8) is 0 Å². The maximum absolute atomic E-state index is 6.24. The van der Waals surface area contributed by atoms with Gasteiger partial charge in [0.25, 0.3) is 0 Å². The second kappa shape index (κ2) is 9.13. The van der Waals surface area contributed by atoms with Gasteiger partial charge in [-0.25, -0.2) is 4.98 Å². The number of nitrogens with one attached hydrogen (secondary N) is 2. The first-order valence-electron chi connectivity index (χ1n) is 12.7. The van der Waals surface area contributed by atoms with Crippen LogP contribution in [0.15, 0.2) is 73.3 Å². The molecule has 8 heteroatoms. The van der Waals surface area contributed by atoms with Crippen molar-refractivity contribution in [1.29, 1.82) is 0 Å². The van der Waals surface area contributed by atoms with E-state index in [0.717, 1.165) is 68.7 Å². The number of aromatic amines is 2. The monoisotopic (exact) mass is 487 g/mol. The van der Waals surface area contributed by atoms with Crippen LogP contribution in [0.1, 0.15) is 32.1 Å². The van der Waals surface area contributed by atoms with Crippen molar-refractivity contribution < 1.29 is 4.74 Å². The highest BCUT2D eigenvalue weighted by Crippen LogP contribution is 2.32. The summed E-state index contributed by atoms with van der Waals surface area (Å²) in [5.41, 5.74) is 6.94. The van der Waals surface area contributed by atoms with Crippen molar-refractivity contribution >= 4 is 21.9 Å². The van der Waals surface area contributed by atoms with E-state index < -0.39 is 0 Å². The van der Waals surface area contributed by atoms with Crippen LogP contribution in [-0.4, -0.2) is 41.2 Å². The quantitative estimate of drug-likeness (QED) is 0.294. The molecule has 0 amide bonds. The minimum absolute atomic E-state index is 0.269. The number of para-hydroxylation sites is 1. The lowest BCUT2D eigenvalue weighted by atomic mass is 9.98. The predicted molar refractivity (Wildman–Crippen MR) is 143 cm³/mol.